The van der Waals surface area contributed by atoms with E-state index in [1.165, 1.54) is 6.92 Å². The van der Waals surface area contributed by atoms with E-state index in [2.05, 4.69) is 0 Å². The topological polar surface area (TPSA) is 95.9 Å². The summed E-state index contributed by atoms with van der Waals surface area (Å²) < 4.78 is 46.2. The number of alkyl halides is 3. The van der Waals surface area contributed by atoms with Gasteiger partial charge in [-0.25, -0.2) is 4.79 Å². The zero-order valence-corrected chi connectivity index (χ0v) is 19.2. The molecule has 0 fully saturated rings. The van der Waals surface area contributed by atoms with Crippen molar-refractivity contribution < 1.29 is 37.4 Å². The van der Waals surface area contributed by atoms with E-state index in [-0.39, 0.29) is 44.9 Å². The number of ether oxygens (including phenoxy) is 1. The number of fused-ring (bicyclic) bond motifs is 3. The van der Waals surface area contributed by atoms with E-state index in [9.17, 15) is 27.6 Å². The Hall–Kier alpha value is -3.56. The fourth-order valence-electron chi connectivity index (χ4n) is 4.23. The maximum atomic E-state index is 13.7. The van der Waals surface area contributed by atoms with Gasteiger partial charge in [-0.05, 0) is 42.0 Å². The molecule has 35 heavy (non-hydrogen) atoms. The predicted molar refractivity (Wildman–Crippen MR) is 122 cm³/mol. The van der Waals surface area contributed by atoms with Crippen LogP contribution in [0, 0.1) is 0 Å². The summed E-state index contributed by atoms with van der Waals surface area (Å²) in [6.07, 6.45) is -6.08. The molecule has 1 aliphatic rings. The minimum atomic E-state index is -5.03. The molecule has 10 heteroatoms. The van der Waals surface area contributed by atoms with Crippen molar-refractivity contribution in [1.82, 2.24) is 10.2 Å². The molecule has 0 spiro atoms. The number of nitrogens with zero attached hydrogens (tertiary/aromatic N) is 1. The Labute approximate surface area is 200 Å². The smallest absolute Gasteiger partial charge is 0.417 e. The molecule has 0 saturated heterocycles. The van der Waals surface area contributed by atoms with Crippen LogP contribution in [-0.4, -0.2) is 59.9 Å². The Kier molecular flexibility index (Phi) is 8.37. The van der Waals surface area contributed by atoms with Crippen LogP contribution in [0.2, 0.25) is 0 Å². The summed E-state index contributed by atoms with van der Waals surface area (Å²) >= 11 is 0. The van der Waals surface area contributed by atoms with Crippen molar-refractivity contribution >= 4 is 18.0 Å². The van der Waals surface area contributed by atoms with Gasteiger partial charge in [0.1, 0.15) is 6.61 Å². The molecule has 0 aromatic heterocycles. The number of aliphatic carboxylic acids is 1. The van der Waals surface area contributed by atoms with Gasteiger partial charge in [-0.15, -0.1) is 0 Å². The van der Waals surface area contributed by atoms with Crippen LogP contribution < -0.4 is 5.32 Å². The van der Waals surface area contributed by atoms with Crippen molar-refractivity contribution in [2.24, 2.45) is 0 Å². The number of rotatable bonds is 10. The van der Waals surface area contributed by atoms with E-state index in [4.69, 9.17) is 9.84 Å². The van der Waals surface area contributed by atoms with Crippen molar-refractivity contribution in [2.45, 2.75) is 44.3 Å². The fourth-order valence-corrected chi connectivity index (χ4v) is 4.23. The number of amides is 2. The molecular weight excluding hydrogens is 465 g/mol. The number of halogens is 3. The number of hydrogen-bond donors (Lipinski definition) is 2. The average molecular weight is 492 g/mol. The van der Waals surface area contributed by atoms with Gasteiger partial charge in [0.25, 0.3) is 5.91 Å². The molecule has 188 valence electrons. The second-order valence-corrected chi connectivity index (χ2v) is 8.21. The largest absolute Gasteiger partial charge is 0.481 e. The third-order valence-electron chi connectivity index (χ3n) is 5.94. The summed E-state index contributed by atoms with van der Waals surface area (Å²) in [6.45, 7) is 1.24. The van der Waals surface area contributed by atoms with Crippen LogP contribution in [0.15, 0.2) is 48.5 Å². The zero-order valence-electron chi connectivity index (χ0n) is 19.2. The van der Waals surface area contributed by atoms with E-state index < -0.39 is 30.2 Å². The third kappa shape index (κ3) is 6.32. The van der Waals surface area contributed by atoms with Crippen LogP contribution in [0.5, 0.6) is 0 Å². The predicted octanol–water partition coefficient (Wildman–Crippen LogP) is 4.56. The monoisotopic (exact) mass is 492 g/mol. The summed E-state index contributed by atoms with van der Waals surface area (Å²) in [5, 5.41) is 10.4. The van der Waals surface area contributed by atoms with Crippen molar-refractivity contribution in [1.29, 1.82) is 0 Å². The second kappa shape index (κ2) is 11.2. The minimum absolute atomic E-state index is 0.0230. The molecule has 0 aliphatic heterocycles. The summed E-state index contributed by atoms with van der Waals surface area (Å²) in [6, 6.07) is 12.3. The lowest BCUT2D eigenvalue weighted by molar-refractivity contribution is -0.174. The third-order valence-corrected chi connectivity index (χ3v) is 5.94. The van der Waals surface area contributed by atoms with E-state index >= 15 is 0 Å². The Bertz CT molecular complexity index is 1030. The Balaban J connectivity index is 1.65. The molecule has 0 saturated carbocycles. The lowest BCUT2D eigenvalue weighted by Crippen LogP contribution is -2.56. The highest BCUT2D eigenvalue weighted by Crippen LogP contribution is 2.44. The zero-order chi connectivity index (χ0) is 25.6. The number of carboxylic acid groups (broad SMARTS) is 1. The first-order chi connectivity index (χ1) is 16.6. The van der Waals surface area contributed by atoms with Gasteiger partial charge in [0.05, 0.1) is 0 Å². The molecule has 2 amide bonds. The maximum absolute atomic E-state index is 13.7. The van der Waals surface area contributed by atoms with Gasteiger partial charge >= 0.3 is 18.2 Å². The fraction of sp³-hybridized carbons (Fsp3) is 0.400. The van der Waals surface area contributed by atoms with E-state index in [1.807, 2.05) is 48.5 Å². The van der Waals surface area contributed by atoms with Gasteiger partial charge < -0.3 is 20.1 Å². The summed E-state index contributed by atoms with van der Waals surface area (Å²) in [5.41, 5.74) is 3.76. The Morgan fingerprint density at radius 3 is 2.11 bits per heavy atom. The summed E-state index contributed by atoms with van der Waals surface area (Å²) in [7, 11) is 0. The Morgan fingerprint density at radius 1 is 1.03 bits per heavy atom. The number of nitrogens with one attached hydrogen (secondary N) is 1. The molecule has 2 N–H and O–H groups in total. The quantitative estimate of drug-likeness (QED) is 0.474. The molecule has 3 rings (SSSR count). The van der Waals surface area contributed by atoms with Crippen LogP contribution in [0.1, 0.15) is 43.2 Å². The van der Waals surface area contributed by atoms with Crippen LogP contribution in [0.3, 0.4) is 0 Å². The molecule has 0 heterocycles. The molecule has 2 aromatic rings. The van der Waals surface area contributed by atoms with Crippen molar-refractivity contribution in [2.75, 3.05) is 19.7 Å². The van der Waals surface area contributed by atoms with Gasteiger partial charge in [-0.3, -0.25) is 9.59 Å². The van der Waals surface area contributed by atoms with Gasteiger partial charge in [0, 0.05) is 25.4 Å². The number of carbonyl (C=O) groups excluding carboxylic acids is 2. The SMILES string of the molecule is CCN(CCCCC(=O)O)C(=O)C(NC(=O)OCC1c2ccccc2-c2ccccc21)C(F)(F)F. The van der Waals surface area contributed by atoms with Crippen molar-refractivity contribution in [3.05, 3.63) is 59.7 Å². The van der Waals surface area contributed by atoms with Crippen LogP contribution >= 0.6 is 0 Å². The summed E-state index contributed by atoms with van der Waals surface area (Å²) in [5.74, 6) is -2.68. The number of hydrogen-bond acceptors (Lipinski definition) is 4. The minimum Gasteiger partial charge on any atom is -0.481 e. The molecule has 2 aromatic carbocycles. The molecule has 1 unspecified atom stereocenters. The lowest BCUT2D eigenvalue weighted by atomic mass is 9.98. The number of carbonyl (C=O) groups is 3. The molecule has 0 radical (unpaired) electrons. The average Bonchev–Trinajstić information content (AvgIpc) is 3.14. The first kappa shape index (κ1) is 26.1. The number of likely N-dealkylation sites (N-methyl/N-ethyl adjacent to an activating group) is 1. The van der Waals surface area contributed by atoms with Gasteiger partial charge in [-0.2, -0.15) is 13.2 Å². The molecule has 1 aliphatic carbocycles. The molecule has 1 atom stereocenters. The van der Waals surface area contributed by atoms with Crippen molar-refractivity contribution in [3.8, 4) is 11.1 Å². The number of unbranched alkanes of at least 4 members (excludes halogenated alkanes) is 1. The molecule has 0 bridgehead atoms. The van der Waals surface area contributed by atoms with Gasteiger partial charge in [-0.1, -0.05) is 48.5 Å². The number of benzene rings is 2. The lowest BCUT2D eigenvalue weighted by Gasteiger charge is -2.28. The highest BCUT2D eigenvalue weighted by atomic mass is 19.4. The maximum Gasteiger partial charge on any atom is 0.417 e. The van der Waals surface area contributed by atoms with Crippen LogP contribution in [0.25, 0.3) is 11.1 Å². The second-order valence-electron chi connectivity index (χ2n) is 8.21. The van der Waals surface area contributed by atoms with E-state index in [0.717, 1.165) is 27.2 Å². The first-order valence-corrected chi connectivity index (χ1v) is 11.3. The highest BCUT2D eigenvalue weighted by molar-refractivity contribution is 5.86. The van der Waals surface area contributed by atoms with E-state index in [0.29, 0.717) is 0 Å². The number of carboxylic acids is 1. The normalized spacial score (nSPS) is 13.5. The number of alkyl carbamates (subject to hydrolysis) is 1. The van der Waals surface area contributed by atoms with Crippen LogP contribution in [0.4, 0.5) is 18.0 Å². The molecule has 7 nitrogen and oxygen atoms in total. The Morgan fingerprint density at radius 2 is 1.60 bits per heavy atom. The first-order valence-electron chi connectivity index (χ1n) is 11.3. The standard InChI is InChI=1S/C25H27F3N2O5/c1-2-30(14-8-7-13-21(31)32)23(33)22(25(26,27)28)29-24(34)35-15-20-18-11-5-3-9-16(18)17-10-4-6-12-19(17)20/h3-6,9-12,20,22H,2,7-8,13-15H2,1H3,(H,29,34)(H,31,32). The van der Waals surface area contributed by atoms with Crippen LogP contribution in [-0.2, 0) is 14.3 Å². The van der Waals surface area contributed by atoms with Gasteiger partial charge in [0.2, 0.25) is 6.04 Å². The van der Waals surface area contributed by atoms with E-state index in [1.54, 1.807) is 5.32 Å². The highest BCUT2D eigenvalue weighted by Gasteiger charge is 2.48. The van der Waals surface area contributed by atoms with Crippen molar-refractivity contribution in [3.63, 3.8) is 0 Å². The molecular formula is C25H27F3N2O5. The summed E-state index contributed by atoms with van der Waals surface area (Å²) in [4.78, 5) is 36.5. The van der Waals surface area contributed by atoms with Gasteiger partial charge in [0.15, 0.2) is 0 Å².